The highest BCUT2D eigenvalue weighted by Crippen LogP contribution is 2.60. The number of hydrogen-bond acceptors (Lipinski definition) is 5. The Bertz CT molecular complexity index is 710. The van der Waals surface area contributed by atoms with Crippen molar-refractivity contribution in [2.45, 2.75) is 64.3 Å². The van der Waals surface area contributed by atoms with E-state index in [0.29, 0.717) is 11.7 Å². The van der Waals surface area contributed by atoms with E-state index >= 15 is 0 Å². The highest BCUT2D eigenvalue weighted by atomic mass is 32.1. The Kier molecular flexibility index (Phi) is 3.85. The molecule has 1 N–H and O–H groups in total. The van der Waals surface area contributed by atoms with Crippen molar-refractivity contribution >= 4 is 28.3 Å². The van der Waals surface area contributed by atoms with E-state index in [-0.39, 0.29) is 23.3 Å². The number of aromatic nitrogens is 2. The van der Waals surface area contributed by atoms with Gasteiger partial charge in [-0.1, -0.05) is 11.3 Å². The topological polar surface area (TPSA) is 75.2 Å². The highest BCUT2D eigenvalue weighted by molar-refractivity contribution is 7.15. The van der Waals surface area contributed by atoms with Crippen LogP contribution >= 0.6 is 11.3 Å². The lowest BCUT2D eigenvalue weighted by molar-refractivity contribution is -0.160. The van der Waals surface area contributed by atoms with Crippen LogP contribution in [0.5, 0.6) is 0 Å². The third-order valence-corrected chi connectivity index (χ3v) is 7.82. The van der Waals surface area contributed by atoms with Crippen LogP contribution in [-0.2, 0) is 9.59 Å². The fourth-order valence-electron chi connectivity index (χ4n) is 6.50. The van der Waals surface area contributed by atoms with Gasteiger partial charge in [-0.2, -0.15) is 0 Å². The van der Waals surface area contributed by atoms with Gasteiger partial charge in [0, 0.05) is 6.54 Å². The zero-order chi connectivity index (χ0) is 17.9. The third-order valence-electron chi connectivity index (χ3n) is 7.06. The van der Waals surface area contributed by atoms with Crippen molar-refractivity contribution in [3.63, 3.8) is 0 Å². The van der Waals surface area contributed by atoms with Gasteiger partial charge in [0.2, 0.25) is 16.9 Å². The number of likely N-dealkylation sites (tertiary alicyclic amines) is 1. The van der Waals surface area contributed by atoms with Gasteiger partial charge in [-0.3, -0.25) is 14.9 Å². The quantitative estimate of drug-likeness (QED) is 0.882. The fourth-order valence-corrected chi connectivity index (χ4v) is 7.09. The van der Waals surface area contributed by atoms with Crippen molar-refractivity contribution in [2.75, 3.05) is 11.9 Å². The summed E-state index contributed by atoms with van der Waals surface area (Å²) in [6.45, 7) is 2.58. The minimum Gasteiger partial charge on any atom is -0.330 e. The minimum absolute atomic E-state index is 0.100. The van der Waals surface area contributed by atoms with Crippen LogP contribution in [0.4, 0.5) is 5.13 Å². The Balaban J connectivity index is 1.34. The van der Waals surface area contributed by atoms with Crippen molar-refractivity contribution in [3.8, 4) is 0 Å². The van der Waals surface area contributed by atoms with E-state index in [1.54, 1.807) is 0 Å². The van der Waals surface area contributed by atoms with Gasteiger partial charge in [-0.05, 0) is 76.0 Å². The van der Waals surface area contributed by atoms with Crippen molar-refractivity contribution in [3.05, 3.63) is 5.01 Å². The number of anilines is 1. The molecule has 2 heterocycles. The van der Waals surface area contributed by atoms with Gasteiger partial charge in [0.05, 0.1) is 5.41 Å². The molecule has 1 saturated heterocycles. The number of hydrogen-bond donors (Lipinski definition) is 1. The van der Waals surface area contributed by atoms with Crippen LogP contribution in [0, 0.1) is 30.1 Å². The standard InChI is InChI=1S/C19H26N4O2S/c1-11-21-22-18(26-11)20-16(24)15-3-2-4-23(15)17(25)19-8-12-5-13(9-19)7-14(6-12)10-19/h12-15H,2-10H2,1H3,(H,20,22,24). The zero-order valence-corrected chi connectivity index (χ0v) is 16.1. The van der Waals surface area contributed by atoms with Gasteiger partial charge in [-0.25, -0.2) is 0 Å². The van der Waals surface area contributed by atoms with E-state index in [4.69, 9.17) is 0 Å². The van der Waals surface area contributed by atoms with Crippen LogP contribution < -0.4 is 5.32 Å². The zero-order valence-electron chi connectivity index (χ0n) is 15.2. The summed E-state index contributed by atoms with van der Waals surface area (Å²) in [7, 11) is 0. The summed E-state index contributed by atoms with van der Waals surface area (Å²) < 4.78 is 0. The van der Waals surface area contributed by atoms with E-state index in [1.165, 1.54) is 30.6 Å². The summed E-state index contributed by atoms with van der Waals surface area (Å²) in [5.41, 5.74) is -0.170. The highest BCUT2D eigenvalue weighted by Gasteiger charge is 2.56. The predicted octanol–water partition coefficient (Wildman–Crippen LogP) is 2.99. The lowest BCUT2D eigenvalue weighted by Crippen LogP contribution is -2.56. The molecule has 26 heavy (non-hydrogen) atoms. The summed E-state index contributed by atoms with van der Waals surface area (Å²) in [6, 6.07) is -0.347. The number of carbonyl (C=O) groups is 2. The first-order valence-corrected chi connectivity index (χ1v) is 10.8. The molecular weight excluding hydrogens is 348 g/mol. The molecule has 5 fully saturated rings. The second-order valence-electron chi connectivity index (χ2n) is 8.97. The first kappa shape index (κ1) is 16.7. The number of amides is 2. The summed E-state index contributed by atoms with van der Waals surface area (Å²) in [5, 5.41) is 12.2. The molecule has 0 spiro atoms. The van der Waals surface area contributed by atoms with E-state index in [0.717, 1.165) is 54.9 Å². The molecule has 1 aliphatic heterocycles. The normalized spacial score (nSPS) is 38.0. The molecule has 4 saturated carbocycles. The van der Waals surface area contributed by atoms with Crippen LogP contribution in [0.25, 0.3) is 0 Å². The average Bonchev–Trinajstić information content (AvgIpc) is 3.22. The van der Waals surface area contributed by atoms with Crippen molar-refractivity contribution in [1.29, 1.82) is 0 Å². The van der Waals surface area contributed by atoms with Crippen molar-refractivity contribution in [1.82, 2.24) is 15.1 Å². The molecule has 1 atom stereocenters. The molecule has 1 aromatic heterocycles. The van der Waals surface area contributed by atoms with Crippen LogP contribution in [0.2, 0.25) is 0 Å². The van der Waals surface area contributed by atoms with Gasteiger partial charge in [-0.15, -0.1) is 10.2 Å². The smallest absolute Gasteiger partial charge is 0.249 e. The lowest BCUT2D eigenvalue weighted by Gasteiger charge is -2.56. The van der Waals surface area contributed by atoms with Crippen molar-refractivity contribution in [2.24, 2.45) is 23.2 Å². The largest absolute Gasteiger partial charge is 0.330 e. The van der Waals surface area contributed by atoms with E-state index in [9.17, 15) is 9.59 Å². The Hall–Kier alpha value is -1.50. The van der Waals surface area contributed by atoms with E-state index in [2.05, 4.69) is 15.5 Å². The molecule has 6 rings (SSSR count). The molecule has 0 aromatic carbocycles. The maximum Gasteiger partial charge on any atom is 0.249 e. The molecule has 4 aliphatic carbocycles. The Labute approximate surface area is 157 Å². The summed E-state index contributed by atoms with van der Waals surface area (Å²) in [6.07, 6.45) is 8.80. The Morgan fingerprint density at radius 3 is 2.35 bits per heavy atom. The number of nitrogens with one attached hydrogen (secondary N) is 1. The second-order valence-corrected chi connectivity index (χ2v) is 10.2. The molecule has 5 aliphatic rings. The summed E-state index contributed by atoms with van der Waals surface area (Å²) in [5.74, 6) is 2.39. The molecule has 6 nitrogen and oxygen atoms in total. The van der Waals surface area contributed by atoms with E-state index in [1.807, 2.05) is 11.8 Å². The maximum atomic E-state index is 13.6. The summed E-state index contributed by atoms with van der Waals surface area (Å²) >= 11 is 1.37. The molecule has 1 unspecified atom stereocenters. The monoisotopic (exact) mass is 374 g/mol. The number of nitrogens with zero attached hydrogens (tertiary/aromatic N) is 3. The van der Waals surface area contributed by atoms with E-state index < -0.39 is 0 Å². The number of carbonyl (C=O) groups excluding carboxylic acids is 2. The van der Waals surface area contributed by atoms with Crippen LogP contribution in [0.1, 0.15) is 56.4 Å². The van der Waals surface area contributed by atoms with Gasteiger partial charge in [0.15, 0.2) is 0 Å². The van der Waals surface area contributed by atoms with Crippen LogP contribution in [-0.4, -0.2) is 39.5 Å². The second kappa shape index (κ2) is 6.01. The average molecular weight is 375 g/mol. The fraction of sp³-hybridized carbons (Fsp3) is 0.789. The molecular formula is C19H26N4O2S. The van der Waals surface area contributed by atoms with Crippen LogP contribution in [0.3, 0.4) is 0 Å². The Morgan fingerprint density at radius 1 is 1.12 bits per heavy atom. The Morgan fingerprint density at radius 2 is 1.77 bits per heavy atom. The number of aryl methyl sites for hydroxylation is 1. The molecule has 0 radical (unpaired) electrons. The lowest BCUT2D eigenvalue weighted by atomic mass is 9.49. The van der Waals surface area contributed by atoms with Gasteiger partial charge >= 0.3 is 0 Å². The van der Waals surface area contributed by atoms with Crippen LogP contribution in [0.15, 0.2) is 0 Å². The summed E-state index contributed by atoms with van der Waals surface area (Å²) in [4.78, 5) is 28.3. The molecule has 2 amide bonds. The van der Waals surface area contributed by atoms with Gasteiger partial charge in [0.25, 0.3) is 0 Å². The van der Waals surface area contributed by atoms with Crippen molar-refractivity contribution < 1.29 is 9.59 Å². The minimum atomic E-state index is -0.347. The third kappa shape index (κ3) is 2.66. The molecule has 1 aromatic rings. The SMILES string of the molecule is Cc1nnc(NC(=O)C2CCCN2C(=O)C23CC4CC(CC(C4)C2)C3)s1. The molecule has 4 bridgehead atoms. The number of rotatable bonds is 3. The first-order valence-electron chi connectivity index (χ1n) is 9.94. The molecule has 7 heteroatoms. The predicted molar refractivity (Wildman–Crippen MR) is 98.6 cm³/mol. The first-order chi connectivity index (χ1) is 12.5. The maximum absolute atomic E-state index is 13.6. The van der Waals surface area contributed by atoms with Gasteiger partial charge in [0.1, 0.15) is 11.0 Å². The van der Waals surface area contributed by atoms with Gasteiger partial charge < -0.3 is 4.90 Å². The molecule has 140 valence electrons.